The lowest BCUT2D eigenvalue weighted by atomic mass is 10.1. The van der Waals surface area contributed by atoms with E-state index in [1.807, 2.05) is 0 Å². The van der Waals surface area contributed by atoms with Crippen LogP contribution in [0, 0.1) is 0 Å². The van der Waals surface area contributed by atoms with Crippen molar-refractivity contribution in [3.63, 3.8) is 0 Å². The molecule has 2 unspecified atom stereocenters. The molecule has 1 aliphatic heterocycles. The maximum absolute atomic E-state index is 10.6. The normalized spacial score (nSPS) is 32.9. The Morgan fingerprint density at radius 3 is 2.54 bits per heavy atom. The summed E-state index contributed by atoms with van der Waals surface area (Å²) in [4.78, 5) is 21.2. The van der Waals surface area contributed by atoms with Crippen LogP contribution in [0.2, 0.25) is 0 Å². The molecule has 1 saturated heterocycles. The third-order valence-electron chi connectivity index (χ3n) is 2.11. The van der Waals surface area contributed by atoms with Gasteiger partial charge >= 0.3 is 11.9 Å². The SMILES string of the molecule is CC(=O)OC1C[C@@H](C(=O)O)NC1C. The predicted molar refractivity (Wildman–Crippen MR) is 44.2 cm³/mol. The number of nitrogens with one attached hydrogen (secondary N) is 1. The van der Waals surface area contributed by atoms with Crippen molar-refractivity contribution in [2.45, 2.75) is 38.5 Å². The van der Waals surface area contributed by atoms with Crippen LogP contribution in [0.5, 0.6) is 0 Å². The molecule has 0 aromatic rings. The molecule has 0 saturated carbocycles. The van der Waals surface area contributed by atoms with Gasteiger partial charge in [-0.25, -0.2) is 0 Å². The molecule has 3 atom stereocenters. The predicted octanol–water partition coefficient (Wildman–Crippen LogP) is -0.247. The van der Waals surface area contributed by atoms with Crippen LogP contribution >= 0.6 is 0 Å². The van der Waals surface area contributed by atoms with Gasteiger partial charge in [0.15, 0.2) is 0 Å². The van der Waals surface area contributed by atoms with Gasteiger partial charge in [0.05, 0.1) is 0 Å². The lowest BCUT2D eigenvalue weighted by molar-refractivity contribution is -0.147. The number of rotatable bonds is 2. The first-order chi connectivity index (χ1) is 6.00. The molecular formula is C8H13NO4. The van der Waals surface area contributed by atoms with Crippen LogP contribution < -0.4 is 5.32 Å². The van der Waals surface area contributed by atoms with Crippen molar-refractivity contribution in [1.82, 2.24) is 5.32 Å². The molecule has 13 heavy (non-hydrogen) atoms. The van der Waals surface area contributed by atoms with Gasteiger partial charge in [0.2, 0.25) is 0 Å². The van der Waals surface area contributed by atoms with Crippen LogP contribution in [0.1, 0.15) is 20.3 Å². The van der Waals surface area contributed by atoms with E-state index in [9.17, 15) is 9.59 Å². The van der Waals surface area contributed by atoms with Crippen LogP contribution in [0.25, 0.3) is 0 Å². The largest absolute Gasteiger partial charge is 0.480 e. The van der Waals surface area contributed by atoms with E-state index in [0.29, 0.717) is 6.42 Å². The van der Waals surface area contributed by atoms with Crippen molar-refractivity contribution in [3.8, 4) is 0 Å². The third-order valence-corrected chi connectivity index (χ3v) is 2.11. The Labute approximate surface area is 76.1 Å². The highest BCUT2D eigenvalue weighted by atomic mass is 16.5. The molecular weight excluding hydrogens is 174 g/mol. The molecule has 0 radical (unpaired) electrons. The second kappa shape index (κ2) is 3.74. The Hall–Kier alpha value is -1.10. The van der Waals surface area contributed by atoms with E-state index in [1.165, 1.54) is 6.92 Å². The third kappa shape index (κ3) is 2.42. The molecule has 1 fully saturated rings. The standard InChI is InChI=1S/C8H13NO4/c1-4-7(13-5(2)10)3-6(9-4)8(11)12/h4,6-7,9H,3H2,1-2H3,(H,11,12)/t4?,6-,7?/m0/s1. The highest BCUT2D eigenvalue weighted by molar-refractivity contribution is 5.74. The summed E-state index contributed by atoms with van der Waals surface area (Å²) >= 11 is 0. The van der Waals surface area contributed by atoms with E-state index >= 15 is 0 Å². The van der Waals surface area contributed by atoms with Crippen LogP contribution in [0.4, 0.5) is 0 Å². The van der Waals surface area contributed by atoms with E-state index in [2.05, 4.69) is 5.32 Å². The summed E-state index contributed by atoms with van der Waals surface area (Å²) in [7, 11) is 0. The lowest BCUT2D eigenvalue weighted by Crippen LogP contribution is -2.35. The minimum Gasteiger partial charge on any atom is -0.480 e. The van der Waals surface area contributed by atoms with Gasteiger partial charge in [-0.1, -0.05) is 0 Å². The number of carbonyl (C=O) groups is 2. The van der Waals surface area contributed by atoms with Crippen molar-refractivity contribution in [2.24, 2.45) is 0 Å². The first-order valence-electron chi connectivity index (χ1n) is 4.16. The van der Waals surface area contributed by atoms with Gasteiger partial charge in [-0.05, 0) is 6.92 Å². The topological polar surface area (TPSA) is 75.6 Å². The molecule has 1 aliphatic rings. The molecule has 0 amide bonds. The van der Waals surface area contributed by atoms with Gasteiger partial charge in [-0.15, -0.1) is 0 Å². The Morgan fingerprint density at radius 1 is 1.54 bits per heavy atom. The number of hydrogen-bond donors (Lipinski definition) is 2. The average molecular weight is 187 g/mol. The molecule has 1 heterocycles. The molecule has 0 aliphatic carbocycles. The molecule has 5 nitrogen and oxygen atoms in total. The minimum atomic E-state index is -0.901. The average Bonchev–Trinajstić information content (AvgIpc) is 2.31. The number of esters is 1. The van der Waals surface area contributed by atoms with E-state index < -0.39 is 12.0 Å². The molecule has 0 aromatic carbocycles. The van der Waals surface area contributed by atoms with Crippen LogP contribution in [0.15, 0.2) is 0 Å². The van der Waals surface area contributed by atoms with Crippen LogP contribution in [0.3, 0.4) is 0 Å². The van der Waals surface area contributed by atoms with Gasteiger partial charge in [-0.3, -0.25) is 14.9 Å². The van der Waals surface area contributed by atoms with Gasteiger partial charge < -0.3 is 9.84 Å². The number of carboxylic acid groups (broad SMARTS) is 1. The summed E-state index contributed by atoms with van der Waals surface area (Å²) in [5.41, 5.74) is 0. The lowest BCUT2D eigenvalue weighted by Gasteiger charge is -2.13. The fourth-order valence-corrected chi connectivity index (χ4v) is 1.46. The van der Waals surface area contributed by atoms with E-state index in [0.717, 1.165) is 0 Å². The maximum Gasteiger partial charge on any atom is 0.320 e. The monoisotopic (exact) mass is 187 g/mol. The maximum atomic E-state index is 10.6. The zero-order chi connectivity index (χ0) is 10.0. The Bertz CT molecular complexity index is 228. The fourth-order valence-electron chi connectivity index (χ4n) is 1.46. The summed E-state index contributed by atoms with van der Waals surface area (Å²) in [6.45, 7) is 3.12. The molecule has 74 valence electrons. The van der Waals surface area contributed by atoms with Crippen molar-refractivity contribution < 1.29 is 19.4 Å². The number of carbonyl (C=O) groups excluding carboxylic acids is 1. The molecule has 5 heteroatoms. The number of carboxylic acids is 1. The second-order valence-electron chi connectivity index (χ2n) is 3.23. The molecule has 1 rings (SSSR count). The Morgan fingerprint density at radius 2 is 2.15 bits per heavy atom. The highest BCUT2D eigenvalue weighted by Gasteiger charge is 2.36. The first-order valence-corrected chi connectivity index (χ1v) is 4.16. The second-order valence-corrected chi connectivity index (χ2v) is 3.23. The smallest absolute Gasteiger partial charge is 0.320 e. The fraction of sp³-hybridized carbons (Fsp3) is 0.750. The van der Waals surface area contributed by atoms with Gasteiger partial charge in [0.25, 0.3) is 0 Å². The van der Waals surface area contributed by atoms with Gasteiger partial charge in [-0.2, -0.15) is 0 Å². The Balaban J connectivity index is 2.51. The number of aliphatic carboxylic acids is 1. The summed E-state index contributed by atoms with van der Waals surface area (Å²) in [6.07, 6.45) is 0.0226. The molecule has 0 aromatic heterocycles. The van der Waals surface area contributed by atoms with Gasteiger partial charge in [0, 0.05) is 19.4 Å². The summed E-state index contributed by atoms with van der Waals surface area (Å²) in [5, 5.41) is 11.5. The van der Waals surface area contributed by atoms with Gasteiger partial charge in [0.1, 0.15) is 12.1 Å². The molecule has 0 bridgehead atoms. The quantitative estimate of drug-likeness (QED) is 0.583. The zero-order valence-corrected chi connectivity index (χ0v) is 7.61. The number of ether oxygens (including phenoxy) is 1. The van der Waals surface area contributed by atoms with Crippen molar-refractivity contribution >= 4 is 11.9 Å². The van der Waals surface area contributed by atoms with Crippen molar-refractivity contribution in [1.29, 1.82) is 0 Å². The van der Waals surface area contributed by atoms with Crippen molar-refractivity contribution in [2.75, 3.05) is 0 Å². The zero-order valence-electron chi connectivity index (χ0n) is 7.61. The minimum absolute atomic E-state index is 0.0926. The van der Waals surface area contributed by atoms with E-state index in [1.54, 1.807) is 6.92 Å². The Kier molecular flexibility index (Phi) is 2.87. The van der Waals surface area contributed by atoms with Crippen LogP contribution in [-0.4, -0.2) is 35.2 Å². The highest BCUT2D eigenvalue weighted by Crippen LogP contribution is 2.16. The molecule has 2 N–H and O–H groups in total. The van der Waals surface area contributed by atoms with Crippen molar-refractivity contribution in [3.05, 3.63) is 0 Å². The van der Waals surface area contributed by atoms with Crippen LogP contribution in [-0.2, 0) is 14.3 Å². The summed E-state index contributed by atoms with van der Waals surface area (Å²) in [6, 6.07) is -0.690. The first kappa shape index (κ1) is 9.98. The molecule has 0 spiro atoms. The van der Waals surface area contributed by atoms with E-state index in [-0.39, 0.29) is 18.1 Å². The summed E-state index contributed by atoms with van der Waals surface area (Å²) in [5.74, 6) is -1.27. The summed E-state index contributed by atoms with van der Waals surface area (Å²) < 4.78 is 4.94. The number of hydrogen-bond acceptors (Lipinski definition) is 4. The van der Waals surface area contributed by atoms with E-state index in [4.69, 9.17) is 9.84 Å².